The van der Waals surface area contributed by atoms with Gasteiger partial charge in [-0.25, -0.2) is 0 Å². The van der Waals surface area contributed by atoms with Gasteiger partial charge in [0.05, 0.1) is 5.60 Å². The maximum absolute atomic E-state index is 5.75. The molecule has 0 aromatic rings. The fourth-order valence-electron chi connectivity index (χ4n) is 0.668. The number of alkyl halides is 1. The summed E-state index contributed by atoms with van der Waals surface area (Å²) in [5.74, 6) is 1.34. The molecule has 0 heterocycles. The largest absolute Gasteiger partial charge is 0.375 e. The molecule has 0 aliphatic heterocycles. The molecule has 2 heteroatoms. The normalized spacial score (nSPS) is 12.5. The molecule has 0 amide bonds. The highest BCUT2D eigenvalue weighted by Crippen LogP contribution is 2.22. The summed E-state index contributed by atoms with van der Waals surface area (Å²) in [6, 6.07) is 0. The van der Waals surface area contributed by atoms with Gasteiger partial charge in [-0.1, -0.05) is 36.4 Å². The van der Waals surface area contributed by atoms with Crippen LogP contribution in [0.5, 0.6) is 0 Å². The third-order valence-corrected chi connectivity index (χ3v) is 2.96. The van der Waals surface area contributed by atoms with Crippen LogP contribution in [0.25, 0.3) is 0 Å². The first kappa shape index (κ1) is 12.7. The molecule has 0 aromatic heterocycles. The summed E-state index contributed by atoms with van der Waals surface area (Å²) in [6.07, 6.45) is 2.44. The van der Waals surface area contributed by atoms with Gasteiger partial charge in [0.15, 0.2) is 0 Å². The molecular weight excluding hydrogens is 263 g/mol. The minimum absolute atomic E-state index is 0.0364. The summed E-state index contributed by atoms with van der Waals surface area (Å²) in [6.45, 7) is 9.40. The van der Waals surface area contributed by atoms with Gasteiger partial charge in [-0.15, -0.1) is 0 Å². The lowest BCUT2D eigenvalue weighted by molar-refractivity contribution is -0.00621. The van der Waals surface area contributed by atoms with Gasteiger partial charge in [0.1, 0.15) is 0 Å². The van der Waals surface area contributed by atoms with E-state index in [4.69, 9.17) is 4.74 Å². The molecule has 12 heavy (non-hydrogen) atoms. The molecule has 0 spiro atoms. The summed E-state index contributed by atoms with van der Waals surface area (Å²) in [4.78, 5) is 0. The minimum atomic E-state index is -0.0364. The molecule has 0 atom stereocenters. The van der Waals surface area contributed by atoms with E-state index in [9.17, 15) is 0 Å². The predicted molar refractivity (Wildman–Crippen MR) is 62.7 cm³/mol. The van der Waals surface area contributed by atoms with Crippen LogP contribution in [0.2, 0.25) is 0 Å². The predicted octanol–water partition coefficient (Wildman–Crippen LogP) is 3.61. The van der Waals surface area contributed by atoms with Crippen LogP contribution in [0.15, 0.2) is 0 Å². The highest BCUT2D eigenvalue weighted by atomic mass is 127. The maximum atomic E-state index is 5.75. The van der Waals surface area contributed by atoms with Crippen LogP contribution in [-0.4, -0.2) is 16.6 Å². The van der Waals surface area contributed by atoms with Crippen LogP contribution in [0, 0.1) is 5.92 Å². The van der Waals surface area contributed by atoms with Crippen molar-refractivity contribution in [1.82, 2.24) is 0 Å². The van der Waals surface area contributed by atoms with E-state index in [1.54, 1.807) is 0 Å². The number of halogens is 1. The van der Waals surface area contributed by atoms with Gasteiger partial charge in [0.2, 0.25) is 0 Å². The van der Waals surface area contributed by atoms with Crippen molar-refractivity contribution < 1.29 is 4.74 Å². The Morgan fingerprint density at radius 1 is 1.25 bits per heavy atom. The van der Waals surface area contributed by atoms with Crippen molar-refractivity contribution in [2.75, 3.05) is 11.0 Å². The number of ether oxygens (including phenoxy) is 1. The molecule has 0 fully saturated rings. The van der Waals surface area contributed by atoms with Crippen LogP contribution in [0.4, 0.5) is 0 Å². The Hall–Kier alpha value is 0.690. The Balaban J connectivity index is 3.47. The van der Waals surface area contributed by atoms with Gasteiger partial charge in [-0.2, -0.15) is 0 Å². The van der Waals surface area contributed by atoms with Crippen molar-refractivity contribution in [2.24, 2.45) is 0 Å². The quantitative estimate of drug-likeness (QED) is 0.411. The summed E-state index contributed by atoms with van der Waals surface area (Å²) < 4.78 is 6.99. The third kappa shape index (κ3) is 5.36. The lowest BCUT2D eigenvalue weighted by Crippen LogP contribution is -2.29. The van der Waals surface area contributed by atoms with Gasteiger partial charge in [0, 0.05) is 12.5 Å². The van der Waals surface area contributed by atoms with E-state index in [1.807, 2.05) is 0 Å². The van der Waals surface area contributed by atoms with Crippen LogP contribution in [0.1, 0.15) is 40.5 Å². The maximum Gasteiger partial charge on any atom is 0.0683 e. The molecule has 0 aliphatic rings. The Morgan fingerprint density at radius 2 is 1.83 bits per heavy atom. The minimum Gasteiger partial charge on any atom is -0.375 e. The van der Waals surface area contributed by atoms with Crippen molar-refractivity contribution in [3.05, 3.63) is 5.92 Å². The fourth-order valence-corrected chi connectivity index (χ4v) is 1.21. The number of rotatable bonds is 6. The third-order valence-electron chi connectivity index (χ3n) is 2.19. The molecule has 0 unspecified atom stereocenters. The first-order chi connectivity index (χ1) is 5.50. The summed E-state index contributed by atoms with van der Waals surface area (Å²) >= 11 is 2.40. The Bertz CT molecular complexity index is 110. The molecule has 0 aliphatic carbocycles. The first-order valence-corrected chi connectivity index (χ1v) is 6.04. The Morgan fingerprint density at radius 3 is 2.25 bits per heavy atom. The SMILES string of the molecule is C[C](C)C(C)(C)OCCCCI. The molecule has 1 nitrogen and oxygen atoms in total. The molecule has 0 saturated carbocycles. The zero-order valence-corrected chi connectivity index (χ0v) is 10.8. The van der Waals surface area contributed by atoms with Crippen LogP contribution < -0.4 is 0 Å². The highest BCUT2D eigenvalue weighted by molar-refractivity contribution is 14.1. The van der Waals surface area contributed by atoms with E-state index < -0.39 is 0 Å². The van der Waals surface area contributed by atoms with Crippen LogP contribution in [-0.2, 0) is 4.74 Å². The lowest BCUT2D eigenvalue weighted by atomic mass is 9.95. The molecule has 73 valence electrons. The number of unbranched alkanes of at least 4 members (excludes halogenated alkanes) is 1. The molecule has 1 radical (unpaired) electrons. The second kappa shape index (κ2) is 6.19. The summed E-state index contributed by atoms with van der Waals surface area (Å²) in [5.41, 5.74) is -0.0364. The second-order valence-electron chi connectivity index (χ2n) is 3.75. The van der Waals surface area contributed by atoms with Crippen molar-refractivity contribution in [2.45, 2.75) is 46.1 Å². The average molecular weight is 283 g/mol. The van der Waals surface area contributed by atoms with Crippen LogP contribution >= 0.6 is 22.6 Å². The zero-order valence-electron chi connectivity index (χ0n) is 8.61. The highest BCUT2D eigenvalue weighted by Gasteiger charge is 2.22. The van der Waals surface area contributed by atoms with Gasteiger partial charge in [0.25, 0.3) is 0 Å². The van der Waals surface area contributed by atoms with Crippen molar-refractivity contribution in [3.63, 3.8) is 0 Å². The smallest absolute Gasteiger partial charge is 0.0683 e. The van der Waals surface area contributed by atoms with Crippen molar-refractivity contribution in [1.29, 1.82) is 0 Å². The molecule has 0 bridgehead atoms. The fraction of sp³-hybridized carbons (Fsp3) is 0.900. The van der Waals surface area contributed by atoms with E-state index in [-0.39, 0.29) is 5.60 Å². The molecule has 0 aromatic carbocycles. The Kier molecular flexibility index (Phi) is 6.55. The molecule has 0 saturated heterocycles. The molecule has 0 N–H and O–H groups in total. The van der Waals surface area contributed by atoms with Gasteiger partial charge in [-0.3, -0.25) is 0 Å². The monoisotopic (exact) mass is 283 g/mol. The van der Waals surface area contributed by atoms with E-state index in [1.165, 1.54) is 23.2 Å². The standard InChI is InChI=1S/C10H20IO/c1-9(2)10(3,4)12-8-6-5-7-11/h5-8H2,1-4H3. The van der Waals surface area contributed by atoms with Gasteiger partial charge in [-0.05, 0) is 31.1 Å². The average Bonchev–Trinajstić information content (AvgIpc) is 1.98. The van der Waals surface area contributed by atoms with Crippen molar-refractivity contribution in [3.8, 4) is 0 Å². The van der Waals surface area contributed by atoms with Gasteiger partial charge >= 0.3 is 0 Å². The van der Waals surface area contributed by atoms with E-state index in [0.717, 1.165) is 6.61 Å². The number of hydrogen-bond acceptors (Lipinski definition) is 1. The second-order valence-corrected chi connectivity index (χ2v) is 4.83. The van der Waals surface area contributed by atoms with E-state index in [0.29, 0.717) is 0 Å². The lowest BCUT2D eigenvalue weighted by Gasteiger charge is -2.29. The Labute approximate surface area is 90.4 Å². The van der Waals surface area contributed by atoms with Crippen molar-refractivity contribution >= 4 is 22.6 Å². The first-order valence-electron chi connectivity index (χ1n) is 4.51. The topological polar surface area (TPSA) is 9.23 Å². The summed E-state index contributed by atoms with van der Waals surface area (Å²) in [7, 11) is 0. The van der Waals surface area contributed by atoms with E-state index in [2.05, 4.69) is 50.3 Å². The van der Waals surface area contributed by atoms with Gasteiger partial charge < -0.3 is 4.74 Å². The summed E-state index contributed by atoms with van der Waals surface area (Å²) in [5, 5.41) is 0. The molecule has 0 rings (SSSR count). The molecular formula is C10H20IO. The van der Waals surface area contributed by atoms with Crippen LogP contribution in [0.3, 0.4) is 0 Å². The zero-order chi connectivity index (χ0) is 9.61. The number of hydrogen-bond donors (Lipinski definition) is 0. The van der Waals surface area contributed by atoms with E-state index >= 15 is 0 Å².